The lowest BCUT2D eigenvalue weighted by atomic mass is 10.2. The summed E-state index contributed by atoms with van der Waals surface area (Å²) in [5.74, 6) is -2.49. The molecule has 0 aromatic heterocycles. The maximum Gasteiger partial charge on any atom is 0.328 e. The Bertz CT molecular complexity index is 672. The highest BCUT2D eigenvalue weighted by Gasteiger charge is 2.21. The number of nitrogens with zero attached hydrogens (tertiary/aromatic N) is 1. The van der Waals surface area contributed by atoms with Gasteiger partial charge in [0.15, 0.2) is 0 Å². The van der Waals surface area contributed by atoms with Gasteiger partial charge in [0.2, 0.25) is 13.6 Å². The third-order valence-electron chi connectivity index (χ3n) is 3.16. The van der Waals surface area contributed by atoms with E-state index in [9.17, 15) is 19.2 Å². The largest absolute Gasteiger partial charge is 0.489 e. The zero-order valence-corrected chi connectivity index (χ0v) is 16.1. The number of anilines is 1. The van der Waals surface area contributed by atoms with E-state index < -0.39 is 50.6 Å². The lowest BCUT2D eigenvalue weighted by molar-refractivity contribution is -0.165. The van der Waals surface area contributed by atoms with Gasteiger partial charge in [-0.3, -0.25) is 19.2 Å². The van der Waals surface area contributed by atoms with Gasteiger partial charge in [-0.2, -0.15) is 0 Å². The molecule has 160 valence electrons. The van der Waals surface area contributed by atoms with Crippen LogP contribution in [0.25, 0.3) is 0 Å². The molecule has 0 bridgehead atoms. The molecule has 0 fully saturated rings. The van der Waals surface area contributed by atoms with Crippen LogP contribution in [-0.2, 0) is 38.1 Å². The van der Waals surface area contributed by atoms with Gasteiger partial charge < -0.3 is 33.7 Å². The first-order valence-corrected chi connectivity index (χ1v) is 8.49. The summed E-state index contributed by atoms with van der Waals surface area (Å²) in [5, 5.41) is 8.96. The molecule has 1 N–H and O–H groups in total. The first kappa shape index (κ1) is 23.7. The van der Waals surface area contributed by atoms with Crippen molar-refractivity contribution in [2.75, 3.05) is 44.8 Å². The number of aliphatic hydroxyl groups excluding tert-OH is 1. The van der Waals surface area contributed by atoms with Crippen LogP contribution in [0.1, 0.15) is 13.8 Å². The fraction of sp³-hybridized carbons (Fsp3) is 0.444. The molecular formula is C18H23NO10. The van der Waals surface area contributed by atoms with E-state index in [1.165, 1.54) is 4.90 Å². The maximum absolute atomic E-state index is 12.1. The highest BCUT2D eigenvalue weighted by molar-refractivity contribution is 5.82. The number of hydrogen-bond donors (Lipinski definition) is 1. The number of carbonyl (C=O) groups is 4. The monoisotopic (exact) mass is 413 g/mol. The molecule has 0 aliphatic rings. The summed E-state index contributed by atoms with van der Waals surface area (Å²) in [5.41, 5.74) is 0.356. The molecular weight excluding hydrogens is 390 g/mol. The van der Waals surface area contributed by atoms with Gasteiger partial charge in [0.05, 0.1) is 12.3 Å². The molecule has 0 unspecified atom stereocenters. The smallest absolute Gasteiger partial charge is 0.328 e. The molecule has 29 heavy (non-hydrogen) atoms. The molecule has 0 aliphatic carbocycles. The van der Waals surface area contributed by atoms with Crippen LogP contribution in [-0.4, -0.2) is 68.9 Å². The third-order valence-corrected chi connectivity index (χ3v) is 3.16. The van der Waals surface area contributed by atoms with E-state index in [1.807, 2.05) is 0 Å². The van der Waals surface area contributed by atoms with E-state index in [0.29, 0.717) is 11.4 Å². The van der Waals surface area contributed by atoms with E-state index in [2.05, 4.69) is 9.47 Å². The molecule has 11 heteroatoms. The second-order valence-electron chi connectivity index (χ2n) is 5.44. The third kappa shape index (κ3) is 9.96. The Kier molecular flexibility index (Phi) is 10.6. The van der Waals surface area contributed by atoms with Gasteiger partial charge >= 0.3 is 23.9 Å². The minimum Gasteiger partial charge on any atom is -0.489 e. The van der Waals surface area contributed by atoms with E-state index in [0.717, 1.165) is 13.8 Å². The first-order valence-electron chi connectivity index (χ1n) is 8.49. The average Bonchev–Trinajstić information content (AvgIpc) is 2.65. The van der Waals surface area contributed by atoms with Crippen LogP contribution < -0.4 is 9.64 Å². The zero-order valence-electron chi connectivity index (χ0n) is 16.1. The number of rotatable bonds is 12. The molecule has 0 radical (unpaired) electrons. The Morgan fingerprint density at radius 3 is 1.86 bits per heavy atom. The minimum absolute atomic E-state index is 0.00134. The fourth-order valence-electron chi connectivity index (χ4n) is 1.98. The number of carbonyl (C=O) groups excluding carboxylic acids is 4. The van der Waals surface area contributed by atoms with E-state index in [-0.39, 0.29) is 13.2 Å². The quantitative estimate of drug-likeness (QED) is 0.366. The van der Waals surface area contributed by atoms with Crippen molar-refractivity contribution in [2.24, 2.45) is 0 Å². The van der Waals surface area contributed by atoms with Gasteiger partial charge in [0, 0.05) is 13.8 Å². The van der Waals surface area contributed by atoms with Gasteiger partial charge in [-0.05, 0) is 12.1 Å². The van der Waals surface area contributed by atoms with Crippen molar-refractivity contribution in [1.29, 1.82) is 0 Å². The van der Waals surface area contributed by atoms with E-state index in [1.54, 1.807) is 24.3 Å². The minimum atomic E-state index is -0.781. The number of para-hydroxylation sites is 2. The molecule has 1 aromatic rings. The topological polar surface area (TPSA) is 138 Å². The summed E-state index contributed by atoms with van der Waals surface area (Å²) < 4.78 is 24.1. The standard InChI is InChI=1S/C18H23NO10/c1-13(21)26-11-28-17(23)9-19(10-18(24)29-12-27-14(2)22)15-5-3-4-6-16(15)25-8-7-20/h3-6,20H,7-12H2,1-2H3. The van der Waals surface area contributed by atoms with Crippen LogP contribution >= 0.6 is 0 Å². The summed E-state index contributed by atoms with van der Waals surface area (Å²) in [7, 11) is 0. The van der Waals surface area contributed by atoms with Gasteiger partial charge in [0.1, 0.15) is 25.4 Å². The first-order chi connectivity index (χ1) is 13.8. The molecule has 0 spiro atoms. The van der Waals surface area contributed by atoms with Crippen molar-refractivity contribution >= 4 is 29.6 Å². The van der Waals surface area contributed by atoms with Crippen LogP contribution in [0.4, 0.5) is 5.69 Å². The predicted molar refractivity (Wildman–Crippen MR) is 96.7 cm³/mol. The lowest BCUT2D eigenvalue weighted by Gasteiger charge is -2.25. The molecule has 0 aliphatic heterocycles. The lowest BCUT2D eigenvalue weighted by Crippen LogP contribution is -2.37. The van der Waals surface area contributed by atoms with Crippen LogP contribution in [0.5, 0.6) is 5.75 Å². The Morgan fingerprint density at radius 1 is 0.862 bits per heavy atom. The molecule has 0 atom stereocenters. The van der Waals surface area contributed by atoms with Crippen molar-refractivity contribution in [3.63, 3.8) is 0 Å². The Labute approximate surface area is 167 Å². The molecule has 0 saturated heterocycles. The zero-order chi connectivity index (χ0) is 21.6. The summed E-state index contributed by atoms with van der Waals surface area (Å²) in [4.78, 5) is 46.9. The summed E-state index contributed by atoms with van der Waals surface area (Å²) >= 11 is 0. The second-order valence-corrected chi connectivity index (χ2v) is 5.44. The van der Waals surface area contributed by atoms with Gasteiger partial charge in [-0.1, -0.05) is 12.1 Å². The van der Waals surface area contributed by atoms with Crippen LogP contribution in [0, 0.1) is 0 Å². The van der Waals surface area contributed by atoms with Crippen molar-refractivity contribution in [1.82, 2.24) is 0 Å². The maximum atomic E-state index is 12.1. The summed E-state index contributed by atoms with van der Waals surface area (Å²) in [6, 6.07) is 6.51. The number of hydrogen-bond acceptors (Lipinski definition) is 11. The number of benzene rings is 1. The van der Waals surface area contributed by atoms with Crippen molar-refractivity contribution in [2.45, 2.75) is 13.8 Å². The van der Waals surface area contributed by atoms with Crippen LogP contribution in [0.15, 0.2) is 24.3 Å². The second kappa shape index (κ2) is 12.9. The van der Waals surface area contributed by atoms with Gasteiger partial charge in [-0.15, -0.1) is 0 Å². The molecule has 1 rings (SSSR count). The predicted octanol–water partition coefficient (Wildman–Crippen LogP) is -0.00830. The molecule has 0 heterocycles. The number of aliphatic hydroxyl groups is 1. The Morgan fingerprint density at radius 2 is 1.38 bits per heavy atom. The highest BCUT2D eigenvalue weighted by Crippen LogP contribution is 2.28. The average molecular weight is 413 g/mol. The normalized spacial score (nSPS) is 9.90. The van der Waals surface area contributed by atoms with Crippen molar-refractivity contribution < 1.29 is 48.0 Å². The Balaban J connectivity index is 2.87. The molecule has 1 aromatic carbocycles. The molecule has 0 saturated carbocycles. The fourth-order valence-corrected chi connectivity index (χ4v) is 1.98. The van der Waals surface area contributed by atoms with Gasteiger partial charge in [0.25, 0.3) is 0 Å². The number of ether oxygens (including phenoxy) is 5. The van der Waals surface area contributed by atoms with E-state index >= 15 is 0 Å². The SMILES string of the molecule is CC(=O)OCOC(=O)CN(CC(=O)OCOC(C)=O)c1ccccc1OCCO. The Hall–Kier alpha value is -3.34. The molecule has 0 amide bonds. The van der Waals surface area contributed by atoms with Crippen LogP contribution in [0.2, 0.25) is 0 Å². The highest BCUT2D eigenvalue weighted by atomic mass is 16.7. The van der Waals surface area contributed by atoms with Crippen molar-refractivity contribution in [3.8, 4) is 5.75 Å². The number of esters is 4. The summed E-state index contributed by atoms with van der Waals surface area (Å²) in [6.07, 6.45) is 0. The summed E-state index contributed by atoms with van der Waals surface area (Å²) in [6.45, 7) is 0.153. The van der Waals surface area contributed by atoms with Gasteiger partial charge in [-0.25, -0.2) is 0 Å². The van der Waals surface area contributed by atoms with E-state index in [4.69, 9.17) is 19.3 Å². The molecule has 11 nitrogen and oxygen atoms in total. The van der Waals surface area contributed by atoms with Crippen molar-refractivity contribution in [3.05, 3.63) is 24.3 Å². The van der Waals surface area contributed by atoms with Crippen LogP contribution in [0.3, 0.4) is 0 Å².